The first-order valence-corrected chi connectivity index (χ1v) is 10.0. The van der Waals surface area contributed by atoms with Gasteiger partial charge in [-0.1, -0.05) is 39.7 Å². The molecule has 26 heavy (non-hydrogen) atoms. The van der Waals surface area contributed by atoms with Crippen molar-refractivity contribution in [3.63, 3.8) is 0 Å². The molecule has 140 valence electrons. The van der Waals surface area contributed by atoms with Gasteiger partial charge in [-0.2, -0.15) is 0 Å². The lowest BCUT2D eigenvalue weighted by atomic mass is 10.2. The summed E-state index contributed by atoms with van der Waals surface area (Å²) >= 11 is 9.34. The van der Waals surface area contributed by atoms with E-state index in [4.69, 9.17) is 16.3 Å². The van der Waals surface area contributed by atoms with E-state index in [0.717, 1.165) is 48.0 Å². The van der Waals surface area contributed by atoms with Crippen LogP contribution in [0.1, 0.15) is 5.56 Å². The number of nitrogens with zero attached hydrogens (tertiary/aromatic N) is 2. The molecule has 1 heterocycles. The zero-order chi connectivity index (χ0) is 18.4. The molecule has 6 heteroatoms. The number of β-amino-alcohol motifs (C(OH)–C–C–N with tert-alkyl or cyclic N) is 1. The Hall–Kier alpha value is -1.11. The Bertz CT molecular complexity index is 673. The SMILES string of the molecule is OC(COc1ccc(Br)cc1)CN1CCN(Cc2ccc(Cl)cc2)CC1. The number of rotatable bonds is 7. The second kappa shape index (κ2) is 9.72. The number of benzene rings is 2. The normalized spacial score (nSPS) is 17.2. The molecule has 0 amide bonds. The molecule has 1 unspecified atom stereocenters. The minimum absolute atomic E-state index is 0.312. The van der Waals surface area contributed by atoms with Crippen LogP contribution < -0.4 is 4.74 Å². The van der Waals surface area contributed by atoms with Gasteiger partial charge in [-0.05, 0) is 42.0 Å². The fourth-order valence-electron chi connectivity index (χ4n) is 3.05. The molecule has 1 saturated heterocycles. The molecule has 0 aromatic heterocycles. The van der Waals surface area contributed by atoms with E-state index in [0.29, 0.717) is 13.2 Å². The molecule has 0 radical (unpaired) electrons. The predicted octanol–water partition coefficient (Wildman–Crippen LogP) is 3.66. The fourth-order valence-corrected chi connectivity index (χ4v) is 3.44. The minimum Gasteiger partial charge on any atom is -0.491 e. The third-order valence-corrected chi connectivity index (χ3v) is 5.29. The average Bonchev–Trinajstić information content (AvgIpc) is 2.65. The second-order valence-electron chi connectivity index (χ2n) is 6.62. The van der Waals surface area contributed by atoms with Crippen molar-refractivity contribution in [1.82, 2.24) is 9.80 Å². The van der Waals surface area contributed by atoms with Gasteiger partial charge in [0.2, 0.25) is 0 Å². The van der Waals surface area contributed by atoms with E-state index in [1.807, 2.05) is 36.4 Å². The van der Waals surface area contributed by atoms with Crippen LogP contribution in [-0.4, -0.2) is 60.3 Å². The van der Waals surface area contributed by atoms with Gasteiger partial charge in [0.1, 0.15) is 18.5 Å². The summed E-state index contributed by atoms with van der Waals surface area (Å²) < 4.78 is 6.67. The number of hydrogen-bond acceptors (Lipinski definition) is 4. The van der Waals surface area contributed by atoms with E-state index in [1.54, 1.807) is 0 Å². The summed E-state index contributed by atoms with van der Waals surface area (Å²) in [5.41, 5.74) is 1.28. The maximum absolute atomic E-state index is 10.2. The number of piperazine rings is 1. The average molecular weight is 440 g/mol. The molecule has 3 rings (SSSR count). The van der Waals surface area contributed by atoms with Crippen LogP contribution in [0.3, 0.4) is 0 Å². The Morgan fingerprint density at radius 3 is 2.23 bits per heavy atom. The van der Waals surface area contributed by atoms with Crippen LogP contribution in [0.25, 0.3) is 0 Å². The van der Waals surface area contributed by atoms with Crippen LogP contribution in [0, 0.1) is 0 Å². The molecular weight excluding hydrogens is 416 g/mol. The summed E-state index contributed by atoms with van der Waals surface area (Å²) in [4.78, 5) is 4.73. The largest absolute Gasteiger partial charge is 0.491 e. The molecule has 2 aromatic rings. The Morgan fingerprint density at radius 2 is 1.58 bits per heavy atom. The van der Waals surface area contributed by atoms with Gasteiger partial charge in [0.15, 0.2) is 0 Å². The molecule has 0 spiro atoms. The molecule has 4 nitrogen and oxygen atoms in total. The summed E-state index contributed by atoms with van der Waals surface area (Å²) in [6, 6.07) is 15.7. The van der Waals surface area contributed by atoms with Gasteiger partial charge in [-0.15, -0.1) is 0 Å². The molecule has 1 aliphatic heterocycles. The van der Waals surface area contributed by atoms with Crippen molar-refractivity contribution in [1.29, 1.82) is 0 Å². The van der Waals surface area contributed by atoms with Gasteiger partial charge in [0, 0.05) is 48.8 Å². The lowest BCUT2D eigenvalue weighted by molar-refractivity contribution is 0.0446. The first-order valence-electron chi connectivity index (χ1n) is 8.84. The molecule has 1 atom stereocenters. The molecule has 1 aliphatic rings. The highest BCUT2D eigenvalue weighted by atomic mass is 79.9. The van der Waals surface area contributed by atoms with E-state index in [2.05, 4.69) is 37.9 Å². The Morgan fingerprint density at radius 1 is 0.962 bits per heavy atom. The number of ether oxygens (including phenoxy) is 1. The second-order valence-corrected chi connectivity index (χ2v) is 7.97. The molecule has 2 aromatic carbocycles. The van der Waals surface area contributed by atoms with Gasteiger partial charge in [-0.25, -0.2) is 0 Å². The van der Waals surface area contributed by atoms with E-state index < -0.39 is 6.10 Å². The van der Waals surface area contributed by atoms with Crippen LogP contribution >= 0.6 is 27.5 Å². The van der Waals surface area contributed by atoms with Gasteiger partial charge in [0.05, 0.1) is 0 Å². The van der Waals surface area contributed by atoms with Crippen molar-refractivity contribution < 1.29 is 9.84 Å². The summed E-state index contributed by atoms with van der Waals surface area (Å²) in [5, 5.41) is 11.0. The maximum atomic E-state index is 10.2. The van der Waals surface area contributed by atoms with Crippen LogP contribution in [0.2, 0.25) is 5.02 Å². The molecule has 1 fully saturated rings. The van der Waals surface area contributed by atoms with Crippen molar-refractivity contribution in [3.05, 3.63) is 63.6 Å². The topological polar surface area (TPSA) is 35.9 Å². The van der Waals surface area contributed by atoms with E-state index in [9.17, 15) is 5.11 Å². The third kappa shape index (κ3) is 6.25. The first-order chi connectivity index (χ1) is 12.6. The lowest BCUT2D eigenvalue weighted by Gasteiger charge is -2.35. The first kappa shape index (κ1) is 19.6. The standard InChI is InChI=1S/C20H24BrClN2O2/c21-17-3-7-20(8-4-17)26-15-19(25)14-24-11-9-23(10-12-24)13-16-1-5-18(22)6-2-16/h1-8,19,25H,9-15H2. The van der Waals surface area contributed by atoms with Crippen LogP contribution in [0.15, 0.2) is 53.0 Å². The third-order valence-electron chi connectivity index (χ3n) is 4.51. The predicted molar refractivity (Wildman–Crippen MR) is 109 cm³/mol. The highest BCUT2D eigenvalue weighted by Gasteiger charge is 2.19. The Labute approximate surface area is 168 Å². The number of aliphatic hydroxyl groups is 1. The molecule has 1 N–H and O–H groups in total. The molecule has 0 saturated carbocycles. The van der Waals surface area contributed by atoms with Crippen LogP contribution in [0.4, 0.5) is 0 Å². The van der Waals surface area contributed by atoms with Gasteiger partial charge < -0.3 is 9.84 Å². The molecule has 0 aliphatic carbocycles. The zero-order valence-electron chi connectivity index (χ0n) is 14.7. The van der Waals surface area contributed by atoms with Gasteiger partial charge in [0.25, 0.3) is 0 Å². The van der Waals surface area contributed by atoms with E-state index in [1.165, 1.54) is 5.56 Å². The quantitative estimate of drug-likeness (QED) is 0.714. The van der Waals surface area contributed by atoms with Crippen molar-refractivity contribution >= 4 is 27.5 Å². The number of hydrogen-bond donors (Lipinski definition) is 1. The van der Waals surface area contributed by atoms with Gasteiger partial charge >= 0.3 is 0 Å². The number of halogens is 2. The van der Waals surface area contributed by atoms with E-state index in [-0.39, 0.29) is 0 Å². The molecule has 0 bridgehead atoms. The summed E-state index contributed by atoms with van der Waals surface area (Å²) in [7, 11) is 0. The minimum atomic E-state index is -0.485. The van der Waals surface area contributed by atoms with Crippen molar-refractivity contribution in [2.45, 2.75) is 12.6 Å². The summed E-state index contributed by atoms with van der Waals surface area (Å²) in [5.74, 6) is 0.778. The van der Waals surface area contributed by atoms with Crippen LogP contribution in [-0.2, 0) is 6.54 Å². The van der Waals surface area contributed by atoms with Crippen molar-refractivity contribution in [2.75, 3.05) is 39.3 Å². The van der Waals surface area contributed by atoms with Crippen molar-refractivity contribution in [2.24, 2.45) is 0 Å². The van der Waals surface area contributed by atoms with Gasteiger partial charge in [-0.3, -0.25) is 9.80 Å². The highest BCUT2D eigenvalue weighted by Crippen LogP contribution is 2.16. The number of aliphatic hydroxyl groups excluding tert-OH is 1. The Balaban J connectivity index is 1.36. The highest BCUT2D eigenvalue weighted by molar-refractivity contribution is 9.10. The maximum Gasteiger partial charge on any atom is 0.119 e. The summed E-state index contributed by atoms with van der Waals surface area (Å²) in [6.45, 7) is 5.83. The lowest BCUT2D eigenvalue weighted by Crippen LogP contribution is -2.48. The van der Waals surface area contributed by atoms with Crippen LogP contribution in [0.5, 0.6) is 5.75 Å². The fraction of sp³-hybridized carbons (Fsp3) is 0.400. The Kier molecular flexibility index (Phi) is 7.34. The summed E-state index contributed by atoms with van der Waals surface area (Å²) in [6.07, 6.45) is -0.485. The smallest absolute Gasteiger partial charge is 0.119 e. The van der Waals surface area contributed by atoms with Crippen molar-refractivity contribution in [3.8, 4) is 5.75 Å². The molecular formula is C20H24BrClN2O2. The van der Waals surface area contributed by atoms with E-state index >= 15 is 0 Å². The monoisotopic (exact) mass is 438 g/mol. The zero-order valence-corrected chi connectivity index (χ0v) is 17.0.